The first kappa shape index (κ1) is 9.00. The molecule has 0 heteroatoms. The fraction of sp³-hybridized carbons (Fsp3) is 1.00. The molecular weight excluding hydrogens is 192 g/mol. The van der Waals surface area contributed by atoms with Crippen LogP contribution in [0.15, 0.2) is 0 Å². The van der Waals surface area contributed by atoms with Crippen LogP contribution in [-0.2, 0) is 0 Å². The normalized spacial score (nSPS) is 69.2. The van der Waals surface area contributed by atoms with Crippen molar-refractivity contribution in [3.05, 3.63) is 0 Å². The van der Waals surface area contributed by atoms with E-state index in [-0.39, 0.29) is 0 Å². The van der Waals surface area contributed by atoms with E-state index < -0.39 is 0 Å². The van der Waals surface area contributed by atoms with Gasteiger partial charge in [0.15, 0.2) is 0 Å². The van der Waals surface area contributed by atoms with Crippen molar-refractivity contribution >= 4 is 0 Å². The van der Waals surface area contributed by atoms with E-state index in [1.807, 2.05) is 0 Å². The summed E-state index contributed by atoms with van der Waals surface area (Å²) >= 11 is 0. The second-order valence-electron chi connectivity index (χ2n) is 8.02. The Morgan fingerprint density at radius 1 is 0.750 bits per heavy atom. The first-order valence-corrected chi connectivity index (χ1v) is 7.80. The molecule has 0 aromatic heterocycles. The summed E-state index contributed by atoms with van der Waals surface area (Å²) in [6.07, 6.45) is 11.4. The van der Waals surface area contributed by atoms with Crippen LogP contribution in [0.4, 0.5) is 0 Å². The molecule has 0 unspecified atom stereocenters. The first-order valence-electron chi connectivity index (χ1n) is 7.80. The Bertz CT molecular complexity index is 282. The van der Waals surface area contributed by atoms with Crippen LogP contribution in [0.2, 0.25) is 0 Å². The third-order valence-corrected chi connectivity index (χ3v) is 7.87. The molecule has 0 amide bonds. The zero-order valence-corrected chi connectivity index (χ0v) is 10.5. The summed E-state index contributed by atoms with van der Waals surface area (Å²) in [5.41, 5.74) is 0.841. The highest BCUT2D eigenvalue weighted by Gasteiger charge is 2.66. The van der Waals surface area contributed by atoms with Gasteiger partial charge in [0.2, 0.25) is 0 Å². The molecule has 0 aromatic carbocycles. The molecule has 7 rings (SSSR count). The molecule has 7 aliphatic carbocycles. The van der Waals surface area contributed by atoms with Gasteiger partial charge in [0.1, 0.15) is 0 Å². The van der Waals surface area contributed by atoms with Gasteiger partial charge in [-0.2, -0.15) is 0 Å². The molecule has 7 fully saturated rings. The van der Waals surface area contributed by atoms with Crippen molar-refractivity contribution in [2.45, 2.75) is 51.9 Å². The lowest BCUT2D eigenvalue weighted by Gasteiger charge is -2.72. The summed E-state index contributed by atoms with van der Waals surface area (Å²) in [5.74, 6) is 8.40. The Labute approximate surface area is 99.2 Å². The van der Waals surface area contributed by atoms with Crippen molar-refractivity contribution in [1.29, 1.82) is 0 Å². The van der Waals surface area contributed by atoms with Crippen LogP contribution in [-0.4, -0.2) is 0 Å². The minimum atomic E-state index is 0.841. The Morgan fingerprint density at radius 3 is 1.56 bits per heavy atom. The third kappa shape index (κ3) is 0.811. The lowest BCUT2D eigenvalue weighted by atomic mass is 9.33. The van der Waals surface area contributed by atoms with Gasteiger partial charge in [0.05, 0.1) is 0 Å². The summed E-state index contributed by atoms with van der Waals surface area (Å²) < 4.78 is 0. The van der Waals surface area contributed by atoms with Gasteiger partial charge < -0.3 is 0 Å². The van der Waals surface area contributed by atoms with E-state index in [0.29, 0.717) is 0 Å². The standard InChI is InChI=1S/C16H24/c1-2-16-6-13-10-3-9-4-11(13)15(8-16)12(5-9)14(10)7-16/h9-15H,2-8H2,1H3. The van der Waals surface area contributed by atoms with E-state index in [2.05, 4.69) is 6.92 Å². The fourth-order valence-corrected chi connectivity index (χ4v) is 7.49. The molecule has 0 atom stereocenters. The SMILES string of the molecule is CCC12CC3C4CC5CC3C(C1)C(C5)C4C2. The largest absolute Gasteiger partial charge is 0.0649 e. The average Bonchev–Trinajstić information content (AvgIpc) is 2.35. The Balaban J connectivity index is 1.65. The van der Waals surface area contributed by atoms with Crippen LogP contribution >= 0.6 is 0 Å². The quantitative estimate of drug-likeness (QED) is 0.619. The van der Waals surface area contributed by atoms with Gasteiger partial charge in [-0.15, -0.1) is 0 Å². The summed E-state index contributed by atoms with van der Waals surface area (Å²) in [4.78, 5) is 0. The van der Waals surface area contributed by atoms with Gasteiger partial charge in [0, 0.05) is 0 Å². The highest BCUT2D eigenvalue weighted by molar-refractivity contribution is 5.15. The van der Waals surface area contributed by atoms with Crippen molar-refractivity contribution in [3.8, 4) is 0 Å². The molecule has 8 bridgehead atoms. The Kier molecular flexibility index (Phi) is 1.43. The molecule has 0 saturated heterocycles. The van der Waals surface area contributed by atoms with Crippen molar-refractivity contribution in [3.63, 3.8) is 0 Å². The second kappa shape index (κ2) is 2.54. The summed E-state index contributed by atoms with van der Waals surface area (Å²) in [7, 11) is 0. The average molecular weight is 216 g/mol. The van der Waals surface area contributed by atoms with Gasteiger partial charge in [-0.3, -0.25) is 0 Å². The van der Waals surface area contributed by atoms with Gasteiger partial charge in [-0.05, 0) is 85.4 Å². The predicted molar refractivity (Wildman–Crippen MR) is 64.9 cm³/mol. The maximum absolute atomic E-state index is 2.48. The molecule has 0 nitrogen and oxygen atoms in total. The zero-order valence-electron chi connectivity index (χ0n) is 10.5. The van der Waals surface area contributed by atoms with E-state index >= 15 is 0 Å². The van der Waals surface area contributed by atoms with Crippen LogP contribution in [0, 0.1) is 46.8 Å². The van der Waals surface area contributed by atoms with Crippen molar-refractivity contribution in [2.24, 2.45) is 46.8 Å². The molecule has 0 aliphatic heterocycles. The molecule has 0 aromatic rings. The number of hydrogen-bond acceptors (Lipinski definition) is 0. The Morgan fingerprint density at radius 2 is 1.19 bits per heavy atom. The van der Waals surface area contributed by atoms with Gasteiger partial charge in [0.25, 0.3) is 0 Å². The van der Waals surface area contributed by atoms with E-state index in [0.717, 1.165) is 5.41 Å². The molecule has 7 aliphatic rings. The molecule has 0 spiro atoms. The van der Waals surface area contributed by atoms with Crippen molar-refractivity contribution in [2.75, 3.05) is 0 Å². The molecule has 7 saturated carbocycles. The van der Waals surface area contributed by atoms with Crippen molar-refractivity contribution in [1.82, 2.24) is 0 Å². The molecule has 16 heavy (non-hydrogen) atoms. The highest BCUT2D eigenvalue weighted by Crippen LogP contribution is 2.74. The minimum Gasteiger partial charge on any atom is -0.0649 e. The minimum absolute atomic E-state index is 0.841. The van der Waals surface area contributed by atoms with Gasteiger partial charge in [-0.1, -0.05) is 13.3 Å². The molecule has 0 heterocycles. The zero-order chi connectivity index (χ0) is 10.5. The lowest BCUT2D eigenvalue weighted by molar-refractivity contribution is -0.233. The summed E-state index contributed by atoms with van der Waals surface area (Å²) in [6, 6.07) is 0. The molecule has 0 radical (unpaired) electrons. The van der Waals surface area contributed by atoms with Crippen LogP contribution in [0.3, 0.4) is 0 Å². The summed E-state index contributed by atoms with van der Waals surface area (Å²) in [6.45, 7) is 2.48. The monoisotopic (exact) mass is 216 g/mol. The number of rotatable bonds is 1. The maximum atomic E-state index is 2.48. The summed E-state index contributed by atoms with van der Waals surface area (Å²) in [5, 5.41) is 0. The molecule has 0 N–H and O–H groups in total. The smallest absolute Gasteiger partial charge is 0.0292 e. The third-order valence-electron chi connectivity index (χ3n) is 7.87. The van der Waals surface area contributed by atoms with E-state index in [1.54, 1.807) is 38.5 Å². The topological polar surface area (TPSA) is 0 Å². The van der Waals surface area contributed by atoms with E-state index in [4.69, 9.17) is 0 Å². The predicted octanol–water partition coefficient (Wildman–Crippen LogP) is 4.10. The maximum Gasteiger partial charge on any atom is -0.0292 e. The van der Waals surface area contributed by atoms with Gasteiger partial charge in [-0.25, -0.2) is 0 Å². The number of hydrogen-bond donors (Lipinski definition) is 0. The van der Waals surface area contributed by atoms with E-state index in [1.165, 1.54) is 47.8 Å². The van der Waals surface area contributed by atoms with Gasteiger partial charge >= 0.3 is 0 Å². The van der Waals surface area contributed by atoms with E-state index in [9.17, 15) is 0 Å². The van der Waals surface area contributed by atoms with Crippen LogP contribution in [0.25, 0.3) is 0 Å². The van der Waals surface area contributed by atoms with Crippen LogP contribution < -0.4 is 0 Å². The highest BCUT2D eigenvalue weighted by atomic mass is 14.7. The second-order valence-corrected chi connectivity index (χ2v) is 8.02. The van der Waals surface area contributed by atoms with Crippen LogP contribution in [0.1, 0.15) is 51.9 Å². The molecule has 88 valence electrons. The molecular formula is C16H24. The fourth-order valence-electron chi connectivity index (χ4n) is 7.49. The van der Waals surface area contributed by atoms with Crippen molar-refractivity contribution < 1.29 is 0 Å². The first-order chi connectivity index (χ1) is 7.80. The lowest BCUT2D eigenvalue weighted by Crippen LogP contribution is -2.65. The van der Waals surface area contributed by atoms with Crippen LogP contribution in [0.5, 0.6) is 0 Å². The Hall–Kier alpha value is 0.